The maximum absolute atomic E-state index is 13.1. The summed E-state index contributed by atoms with van der Waals surface area (Å²) in [6.45, 7) is 1.38. The SMILES string of the molecule is CC(=O)c1cc(F)ccc1Oc1cccc(Br)c1. The van der Waals surface area contributed by atoms with Crippen molar-refractivity contribution in [2.75, 3.05) is 0 Å². The summed E-state index contributed by atoms with van der Waals surface area (Å²) in [5, 5.41) is 0. The molecule has 2 aromatic rings. The summed E-state index contributed by atoms with van der Waals surface area (Å²) < 4.78 is 19.6. The fraction of sp³-hybridized carbons (Fsp3) is 0.0714. The number of hydrogen-bond acceptors (Lipinski definition) is 2. The lowest BCUT2D eigenvalue weighted by Gasteiger charge is -2.09. The Morgan fingerprint density at radius 3 is 2.67 bits per heavy atom. The highest BCUT2D eigenvalue weighted by Gasteiger charge is 2.10. The van der Waals surface area contributed by atoms with Gasteiger partial charge in [-0.05, 0) is 43.3 Å². The van der Waals surface area contributed by atoms with Crippen molar-refractivity contribution >= 4 is 21.7 Å². The van der Waals surface area contributed by atoms with Crippen LogP contribution >= 0.6 is 15.9 Å². The van der Waals surface area contributed by atoms with E-state index < -0.39 is 5.82 Å². The third-order valence-corrected chi connectivity index (χ3v) is 2.84. The van der Waals surface area contributed by atoms with Gasteiger partial charge in [0.1, 0.15) is 17.3 Å². The molecule has 18 heavy (non-hydrogen) atoms. The minimum absolute atomic E-state index is 0.231. The Kier molecular flexibility index (Phi) is 3.77. The fourth-order valence-corrected chi connectivity index (χ4v) is 1.90. The van der Waals surface area contributed by atoms with Gasteiger partial charge in [0.2, 0.25) is 0 Å². The van der Waals surface area contributed by atoms with Crippen LogP contribution in [0.4, 0.5) is 4.39 Å². The Morgan fingerprint density at radius 2 is 2.00 bits per heavy atom. The number of ether oxygens (including phenoxy) is 1. The molecule has 2 rings (SSSR count). The van der Waals surface area contributed by atoms with E-state index in [9.17, 15) is 9.18 Å². The van der Waals surface area contributed by atoms with Gasteiger partial charge in [-0.2, -0.15) is 0 Å². The molecule has 0 radical (unpaired) electrons. The standard InChI is InChI=1S/C14H10BrFO2/c1-9(17)13-8-11(16)5-6-14(13)18-12-4-2-3-10(15)7-12/h2-8H,1H3. The second-order valence-corrected chi connectivity index (χ2v) is 4.67. The quantitative estimate of drug-likeness (QED) is 0.776. The third kappa shape index (κ3) is 2.96. The molecule has 0 N–H and O–H groups in total. The summed E-state index contributed by atoms with van der Waals surface area (Å²) in [5.41, 5.74) is 0.231. The molecule has 92 valence electrons. The molecule has 0 saturated heterocycles. The second kappa shape index (κ2) is 5.31. The molecule has 0 aliphatic heterocycles. The van der Waals surface area contributed by atoms with Crippen molar-refractivity contribution in [1.29, 1.82) is 0 Å². The molecule has 0 saturated carbocycles. The van der Waals surface area contributed by atoms with Gasteiger partial charge in [-0.25, -0.2) is 4.39 Å². The van der Waals surface area contributed by atoms with Crippen LogP contribution in [0, 0.1) is 5.82 Å². The largest absolute Gasteiger partial charge is 0.457 e. The number of benzene rings is 2. The normalized spacial score (nSPS) is 10.2. The molecular weight excluding hydrogens is 299 g/mol. The van der Waals surface area contributed by atoms with Crippen LogP contribution in [-0.4, -0.2) is 5.78 Å². The minimum Gasteiger partial charge on any atom is -0.457 e. The zero-order valence-electron chi connectivity index (χ0n) is 9.61. The highest BCUT2D eigenvalue weighted by molar-refractivity contribution is 9.10. The number of rotatable bonds is 3. The smallest absolute Gasteiger partial charge is 0.163 e. The van der Waals surface area contributed by atoms with Crippen molar-refractivity contribution in [3.63, 3.8) is 0 Å². The van der Waals surface area contributed by atoms with Gasteiger partial charge in [-0.15, -0.1) is 0 Å². The molecule has 0 atom stereocenters. The first-order valence-corrected chi connectivity index (χ1v) is 6.09. The number of ketones is 1. The lowest BCUT2D eigenvalue weighted by molar-refractivity contribution is 0.101. The van der Waals surface area contributed by atoms with E-state index in [2.05, 4.69) is 15.9 Å². The maximum Gasteiger partial charge on any atom is 0.163 e. The molecule has 0 fully saturated rings. The first-order chi connectivity index (χ1) is 8.56. The summed E-state index contributed by atoms with van der Waals surface area (Å²) in [5.74, 6) is 0.238. The number of hydrogen-bond donors (Lipinski definition) is 0. The van der Waals surface area contributed by atoms with E-state index in [1.165, 1.54) is 25.1 Å². The summed E-state index contributed by atoms with van der Waals surface area (Å²) in [7, 11) is 0. The topological polar surface area (TPSA) is 26.3 Å². The number of carbonyl (C=O) groups excluding carboxylic acids is 1. The van der Waals surface area contributed by atoms with Crippen LogP contribution in [0.2, 0.25) is 0 Å². The Balaban J connectivity index is 2.37. The molecule has 0 amide bonds. The highest BCUT2D eigenvalue weighted by atomic mass is 79.9. The van der Waals surface area contributed by atoms with Crippen molar-refractivity contribution in [2.24, 2.45) is 0 Å². The van der Waals surface area contributed by atoms with Crippen LogP contribution in [0.25, 0.3) is 0 Å². The Morgan fingerprint density at radius 1 is 1.22 bits per heavy atom. The van der Waals surface area contributed by atoms with E-state index in [4.69, 9.17) is 4.74 Å². The van der Waals surface area contributed by atoms with E-state index in [0.717, 1.165) is 4.47 Å². The van der Waals surface area contributed by atoms with Gasteiger partial charge in [0.15, 0.2) is 5.78 Å². The monoisotopic (exact) mass is 308 g/mol. The van der Waals surface area contributed by atoms with Crippen LogP contribution in [0.3, 0.4) is 0 Å². The van der Waals surface area contributed by atoms with Crippen LogP contribution in [0.5, 0.6) is 11.5 Å². The zero-order valence-corrected chi connectivity index (χ0v) is 11.2. The lowest BCUT2D eigenvalue weighted by atomic mass is 10.1. The van der Waals surface area contributed by atoms with E-state index >= 15 is 0 Å². The molecular formula is C14H10BrFO2. The van der Waals surface area contributed by atoms with Crippen LogP contribution in [0.1, 0.15) is 17.3 Å². The third-order valence-electron chi connectivity index (χ3n) is 2.34. The molecule has 2 nitrogen and oxygen atoms in total. The highest BCUT2D eigenvalue weighted by Crippen LogP contribution is 2.28. The van der Waals surface area contributed by atoms with Crippen molar-refractivity contribution in [3.05, 3.63) is 58.3 Å². The van der Waals surface area contributed by atoms with Gasteiger partial charge in [0, 0.05) is 4.47 Å². The van der Waals surface area contributed by atoms with Crippen LogP contribution in [0.15, 0.2) is 46.9 Å². The maximum atomic E-state index is 13.1. The summed E-state index contributed by atoms with van der Waals surface area (Å²) in [6, 6.07) is 11.1. The molecule has 0 aliphatic carbocycles. The van der Waals surface area contributed by atoms with E-state index in [1.807, 2.05) is 12.1 Å². The second-order valence-electron chi connectivity index (χ2n) is 3.76. The number of Topliss-reactive ketones (excluding diaryl/α,β-unsaturated/α-hetero) is 1. The fourth-order valence-electron chi connectivity index (χ4n) is 1.52. The van der Waals surface area contributed by atoms with E-state index in [0.29, 0.717) is 11.5 Å². The van der Waals surface area contributed by atoms with Gasteiger partial charge in [0.05, 0.1) is 5.56 Å². The Labute approximate surface area is 113 Å². The average molecular weight is 309 g/mol. The molecule has 4 heteroatoms. The summed E-state index contributed by atoms with van der Waals surface area (Å²) >= 11 is 3.33. The number of carbonyl (C=O) groups is 1. The molecule has 0 bridgehead atoms. The predicted molar refractivity (Wildman–Crippen MR) is 70.6 cm³/mol. The average Bonchev–Trinajstić information content (AvgIpc) is 2.31. The van der Waals surface area contributed by atoms with Crippen molar-refractivity contribution in [1.82, 2.24) is 0 Å². The van der Waals surface area contributed by atoms with E-state index in [1.54, 1.807) is 12.1 Å². The summed E-state index contributed by atoms with van der Waals surface area (Å²) in [4.78, 5) is 11.4. The van der Waals surface area contributed by atoms with Gasteiger partial charge in [-0.3, -0.25) is 4.79 Å². The Hall–Kier alpha value is -1.68. The van der Waals surface area contributed by atoms with E-state index in [-0.39, 0.29) is 11.3 Å². The van der Waals surface area contributed by atoms with Crippen molar-refractivity contribution in [3.8, 4) is 11.5 Å². The van der Waals surface area contributed by atoms with Crippen molar-refractivity contribution in [2.45, 2.75) is 6.92 Å². The zero-order chi connectivity index (χ0) is 13.1. The minimum atomic E-state index is -0.457. The van der Waals surface area contributed by atoms with Gasteiger partial charge >= 0.3 is 0 Å². The van der Waals surface area contributed by atoms with Gasteiger partial charge < -0.3 is 4.74 Å². The lowest BCUT2D eigenvalue weighted by Crippen LogP contribution is -1.98. The molecule has 0 unspecified atom stereocenters. The first kappa shape index (κ1) is 12.8. The van der Waals surface area contributed by atoms with Crippen molar-refractivity contribution < 1.29 is 13.9 Å². The molecule has 2 aromatic carbocycles. The Bertz CT molecular complexity index is 596. The van der Waals surface area contributed by atoms with Crippen LogP contribution in [-0.2, 0) is 0 Å². The summed E-state index contributed by atoms with van der Waals surface area (Å²) in [6.07, 6.45) is 0. The first-order valence-electron chi connectivity index (χ1n) is 5.30. The molecule has 0 aliphatic rings. The molecule has 0 heterocycles. The molecule has 0 spiro atoms. The molecule has 0 aromatic heterocycles. The number of halogens is 2. The van der Waals surface area contributed by atoms with Crippen LogP contribution < -0.4 is 4.74 Å². The van der Waals surface area contributed by atoms with Gasteiger partial charge in [0.25, 0.3) is 0 Å². The predicted octanol–water partition coefficient (Wildman–Crippen LogP) is 4.58. The van der Waals surface area contributed by atoms with Gasteiger partial charge in [-0.1, -0.05) is 22.0 Å².